The summed E-state index contributed by atoms with van der Waals surface area (Å²) in [4.78, 5) is -0.0390. The molecule has 0 amide bonds. The Kier molecular flexibility index (Phi) is 4.05. The van der Waals surface area contributed by atoms with Crippen LogP contribution in [0.2, 0.25) is 0 Å². The van der Waals surface area contributed by atoms with Crippen molar-refractivity contribution in [2.45, 2.75) is 23.8 Å². The molecule has 0 spiro atoms. The van der Waals surface area contributed by atoms with Gasteiger partial charge in [-0.25, -0.2) is 12.8 Å². The lowest BCUT2D eigenvalue weighted by molar-refractivity contribution is 0.392. The molecular formula is C11H14BrFN2O2S. The van der Waals surface area contributed by atoms with Crippen molar-refractivity contribution in [3.8, 4) is 0 Å². The standard InChI is InChI=1S/C11H14BrFN2O2S/c12-10-4-3-8(13)6-11(10)18(16,17)15-5-1-2-9(15)7-14/h3-4,6,9H,1-2,5,7,14H2. The molecule has 0 aliphatic carbocycles. The molecule has 0 radical (unpaired) electrons. The normalized spacial score (nSPS) is 21.4. The molecule has 100 valence electrons. The van der Waals surface area contributed by atoms with Gasteiger partial charge in [0.25, 0.3) is 0 Å². The van der Waals surface area contributed by atoms with Crippen molar-refractivity contribution < 1.29 is 12.8 Å². The number of halogens is 2. The van der Waals surface area contributed by atoms with Gasteiger partial charge in [0.15, 0.2) is 0 Å². The highest BCUT2D eigenvalue weighted by molar-refractivity contribution is 9.10. The molecule has 0 bridgehead atoms. The second-order valence-corrected chi connectivity index (χ2v) is 6.94. The van der Waals surface area contributed by atoms with Crippen molar-refractivity contribution >= 4 is 26.0 Å². The molecule has 18 heavy (non-hydrogen) atoms. The molecule has 1 aromatic rings. The Hall–Kier alpha value is -0.500. The summed E-state index contributed by atoms with van der Waals surface area (Å²) in [5.74, 6) is -0.569. The number of benzene rings is 1. The van der Waals surface area contributed by atoms with Gasteiger partial charge in [-0.1, -0.05) is 0 Å². The maximum atomic E-state index is 13.2. The summed E-state index contributed by atoms with van der Waals surface area (Å²) in [6.07, 6.45) is 1.54. The fraction of sp³-hybridized carbons (Fsp3) is 0.455. The van der Waals surface area contributed by atoms with Gasteiger partial charge in [-0.05, 0) is 47.0 Å². The molecule has 1 aliphatic rings. The van der Waals surface area contributed by atoms with Crippen molar-refractivity contribution in [2.24, 2.45) is 5.73 Å². The SMILES string of the molecule is NCC1CCCN1S(=O)(=O)c1cc(F)ccc1Br. The minimum atomic E-state index is -3.69. The summed E-state index contributed by atoms with van der Waals surface area (Å²) in [6.45, 7) is 0.722. The van der Waals surface area contributed by atoms with E-state index >= 15 is 0 Å². The van der Waals surface area contributed by atoms with Gasteiger partial charge >= 0.3 is 0 Å². The molecule has 1 unspecified atom stereocenters. The van der Waals surface area contributed by atoms with Crippen LogP contribution in [0, 0.1) is 5.82 Å². The molecule has 1 aliphatic heterocycles. The Morgan fingerprint density at radius 3 is 2.89 bits per heavy atom. The zero-order chi connectivity index (χ0) is 13.3. The maximum absolute atomic E-state index is 13.2. The minimum absolute atomic E-state index is 0.0390. The first-order valence-electron chi connectivity index (χ1n) is 5.64. The Morgan fingerprint density at radius 1 is 1.50 bits per heavy atom. The molecular weight excluding hydrogens is 323 g/mol. The van der Waals surface area contributed by atoms with Crippen LogP contribution < -0.4 is 5.73 Å². The minimum Gasteiger partial charge on any atom is -0.329 e. The topological polar surface area (TPSA) is 63.4 Å². The second kappa shape index (κ2) is 5.24. The van der Waals surface area contributed by atoms with Crippen LogP contribution >= 0.6 is 15.9 Å². The first-order chi connectivity index (χ1) is 8.46. The van der Waals surface area contributed by atoms with E-state index in [0.29, 0.717) is 11.0 Å². The lowest BCUT2D eigenvalue weighted by atomic mass is 10.2. The monoisotopic (exact) mass is 336 g/mol. The third-order valence-corrected chi connectivity index (χ3v) is 6.02. The van der Waals surface area contributed by atoms with Crippen molar-refractivity contribution in [3.05, 3.63) is 28.5 Å². The van der Waals surface area contributed by atoms with Gasteiger partial charge in [0.2, 0.25) is 10.0 Å². The summed E-state index contributed by atoms with van der Waals surface area (Å²) < 4.78 is 39.9. The fourth-order valence-electron chi connectivity index (χ4n) is 2.16. The van der Waals surface area contributed by atoms with Crippen LogP contribution in [0.15, 0.2) is 27.6 Å². The number of nitrogens with zero attached hydrogens (tertiary/aromatic N) is 1. The van der Waals surface area contributed by atoms with Gasteiger partial charge < -0.3 is 5.73 Å². The van der Waals surface area contributed by atoms with Crippen molar-refractivity contribution in [2.75, 3.05) is 13.1 Å². The molecule has 1 heterocycles. The third kappa shape index (κ3) is 2.45. The van der Waals surface area contributed by atoms with E-state index in [1.54, 1.807) is 0 Å². The van der Waals surface area contributed by atoms with Crippen molar-refractivity contribution in [1.29, 1.82) is 0 Å². The van der Waals surface area contributed by atoms with Gasteiger partial charge in [0.05, 0.1) is 4.90 Å². The van der Waals surface area contributed by atoms with E-state index in [1.165, 1.54) is 16.4 Å². The van der Waals surface area contributed by atoms with E-state index < -0.39 is 15.8 Å². The predicted octanol–water partition coefficient (Wildman–Crippen LogP) is 1.70. The number of hydrogen-bond donors (Lipinski definition) is 1. The highest BCUT2D eigenvalue weighted by Gasteiger charge is 2.35. The zero-order valence-electron chi connectivity index (χ0n) is 9.64. The average molecular weight is 337 g/mol. The molecule has 1 aromatic carbocycles. The predicted molar refractivity (Wildman–Crippen MR) is 70.1 cm³/mol. The van der Waals surface area contributed by atoms with Gasteiger partial charge in [-0.3, -0.25) is 0 Å². The molecule has 1 saturated heterocycles. The van der Waals surface area contributed by atoms with Crippen molar-refractivity contribution in [3.63, 3.8) is 0 Å². The van der Waals surface area contributed by atoms with Crippen LogP contribution in [0.1, 0.15) is 12.8 Å². The van der Waals surface area contributed by atoms with Crippen molar-refractivity contribution in [1.82, 2.24) is 4.31 Å². The Bertz CT molecular complexity index is 550. The third-order valence-electron chi connectivity index (χ3n) is 3.08. The van der Waals surface area contributed by atoms with Gasteiger partial charge in [0.1, 0.15) is 5.82 Å². The van der Waals surface area contributed by atoms with Crippen LogP contribution in [0.25, 0.3) is 0 Å². The summed E-state index contributed by atoms with van der Waals surface area (Å²) in [6, 6.07) is 3.46. The molecule has 0 aromatic heterocycles. The molecule has 0 saturated carbocycles. The lowest BCUT2D eigenvalue weighted by Crippen LogP contribution is -2.40. The van der Waals surface area contributed by atoms with Gasteiger partial charge in [-0.15, -0.1) is 0 Å². The quantitative estimate of drug-likeness (QED) is 0.913. The summed E-state index contributed by atoms with van der Waals surface area (Å²) in [5, 5.41) is 0. The molecule has 4 nitrogen and oxygen atoms in total. The Labute approximate surface area is 114 Å². The fourth-order valence-corrected chi connectivity index (χ4v) is 4.80. The van der Waals surface area contributed by atoms with Crippen LogP contribution in [0.4, 0.5) is 4.39 Å². The summed E-state index contributed by atoms with van der Waals surface area (Å²) >= 11 is 3.15. The lowest BCUT2D eigenvalue weighted by Gasteiger charge is -2.23. The van der Waals surface area contributed by atoms with E-state index in [-0.39, 0.29) is 17.5 Å². The smallest absolute Gasteiger partial charge is 0.244 e. The maximum Gasteiger partial charge on any atom is 0.244 e. The van der Waals surface area contributed by atoms with E-state index in [2.05, 4.69) is 15.9 Å². The van der Waals surface area contributed by atoms with Gasteiger partial charge in [0, 0.05) is 23.6 Å². The molecule has 2 rings (SSSR count). The second-order valence-electron chi connectivity index (χ2n) is 4.22. The zero-order valence-corrected chi connectivity index (χ0v) is 12.0. The largest absolute Gasteiger partial charge is 0.329 e. The number of sulfonamides is 1. The number of rotatable bonds is 3. The molecule has 7 heteroatoms. The van der Waals surface area contributed by atoms with Crippen LogP contribution in [-0.4, -0.2) is 31.9 Å². The van der Waals surface area contributed by atoms with Crippen LogP contribution in [0.5, 0.6) is 0 Å². The molecule has 1 fully saturated rings. The Morgan fingerprint density at radius 2 is 2.22 bits per heavy atom. The van der Waals surface area contributed by atoms with E-state index in [9.17, 15) is 12.8 Å². The number of nitrogens with two attached hydrogens (primary N) is 1. The van der Waals surface area contributed by atoms with E-state index in [4.69, 9.17) is 5.73 Å². The first-order valence-corrected chi connectivity index (χ1v) is 7.87. The highest BCUT2D eigenvalue weighted by atomic mass is 79.9. The average Bonchev–Trinajstić information content (AvgIpc) is 2.81. The van der Waals surface area contributed by atoms with Crippen LogP contribution in [0.3, 0.4) is 0 Å². The number of hydrogen-bond acceptors (Lipinski definition) is 3. The van der Waals surface area contributed by atoms with Gasteiger partial charge in [-0.2, -0.15) is 4.31 Å². The first kappa shape index (κ1) is 13.9. The molecule has 1 atom stereocenters. The van der Waals surface area contributed by atoms with E-state index in [1.807, 2.05) is 0 Å². The van der Waals surface area contributed by atoms with E-state index in [0.717, 1.165) is 18.9 Å². The Balaban J connectivity index is 2.45. The summed E-state index contributed by atoms with van der Waals surface area (Å²) in [7, 11) is -3.69. The summed E-state index contributed by atoms with van der Waals surface area (Å²) in [5.41, 5.74) is 5.58. The van der Waals surface area contributed by atoms with Crippen LogP contribution in [-0.2, 0) is 10.0 Å². The molecule has 2 N–H and O–H groups in total. The highest BCUT2D eigenvalue weighted by Crippen LogP contribution is 2.30.